The molecule has 2 aromatic carbocycles. The number of aryl methyl sites for hydroxylation is 3. The van der Waals surface area contributed by atoms with Crippen LogP contribution in [-0.2, 0) is 9.59 Å². The van der Waals surface area contributed by atoms with Gasteiger partial charge in [0.1, 0.15) is 23.4 Å². The highest BCUT2D eigenvalue weighted by Gasteiger charge is 2.34. The molecule has 12 heteroatoms. The Morgan fingerprint density at radius 2 is 1.83 bits per heavy atom. The van der Waals surface area contributed by atoms with Crippen LogP contribution in [0, 0.1) is 26.6 Å². The second-order valence-corrected chi connectivity index (χ2v) is 10.2. The molecule has 0 saturated carbocycles. The van der Waals surface area contributed by atoms with Crippen LogP contribution in [0.2, 0.25) is 0 Å². The van der Waals surface area contributed by atoms with Gasteiger partial charge in [-0.3, -0.25) is 4.79 Å². The van der Waals surface area contributed by atoms with Gasteiger partial charge in [-0.25, -0.2) is 14.2 Å². The van der Waals surface area contributed by atoms with Crippen molar-refractivity contribution < 1.29 is 37.7 Å². The largest absolute Gasteiger partial charge is 0.483 e. The Hall–Kier alpha value is -4.74. The third-order valence-electron chi connectivity index (χ3n) is 6.91. The van der Waals surface area contributed by atoms with E-state index in [1.165, 1.54) is 11.0 Å². The van der Waals surface area contributed by atoms with E-state index in [1.54, 1.807) is 31.2 Å². The number of rotatable bonds is 10. The van der Waals surface area contributed by atoms with Crippen molar-refractivity contribution in [3.8, 4) is 34.8 Å². The SMILES string of the molecule is CCCOc1nc(Oc2ccc(C)c(F)c2)nc2oc(-c3cc(C)c(OCC(=O)N4CCCC4C(=O)O)c(C)c3)nc12. The molecule has 1 unspecified atom stereocenters. The fourth-order valence-corrected chi connectivity index (χ4v) is 4.83. The number of carbonyl (C=O) groups excluding carboxylic acids is 1. The van der Waals surface area contributed by atoms with Gasteiger partial charge in [0, 0.05) is 18.2 Å². The van der Waals surface area contributed by atoms with Crippen molar-refractivity contribution in [3.05, 3.63) is 52.8 Å². The molecular weight excluding hydrogens is 547 g/mol. The number of benzene rings is 2. The number of nitrogens with zero attached hydrogens (tertiary/aromatic N) is 4. The Bertz CT molecular complexity index is 1630. The molecule has 0 radical (unpaired) electrons. The first kappa shape index (κ1) is 28.8. The molecule has 0 spiro atoms. The van der Waals surface area contributed by atoms with E-state index in [4.69, 9.17) is 18.6 Å². The number of oxazole rings is 1. The van der Waals surface area contributed by atoms with Crippen LogP contribution in [0.3, 0.4) is 0 Å². The van der Waals surface area contributed by atoms with E-state index in [2.05, 4.69) is 15.0 Å². The maximum atomic E-state index is 14.0. The lowest BCUT2D eigenvalue weighted by molar-refractivity contribution is -0.149. The number of fused-ring (bicyclic) bond motifs is 1. The number of halogens is 1. The molecule has 4 aromatic rings. The number of carboxylic acids is 1. The van der Waals surface area contributed by atoms with Crippen LogP contribution in [-0.4, -0.2) is 62.6 Å². The van der Waals surface area contributed by atoms with Crippen LogP contribution in [0.1, 0.15) is 42.9 Å². The van der Waals surface area contributed by atoms with Crippen LogP contribution in [0.15, 0.2) is 34.7 Å². The molecule has 3 heterocycles. The summed E-state index contributed by atoms with van der Waals surface area (Å²) in [6.07, 6.45) is 1.81. The first-order chi connectivity index (χ1) is 20.1. The average Bonchev–Trinajstić information content (AvgIpc) is 3.61. The number of likely N-dealkylation sites (tertiary alicyclic amines) is 1. The molecule has 1 aliphatic rings. The van der Waals surface area contributed by atoms with Crippen molar-refractivity contribution in [2.75, 3.05) is 19.8 Å². The molecule has 5 rings (SSSR count). The fraction of sp³-hybridized carbons (Fsp3) is 0.367. The summed E-state index contributed by atoms with van der Waals surface area (Å²) in [6.45, 7) is 7.78. The number of carbonyl (C=O) groups is 2. The first-order valence-electron chi connectivity index (χ1n) is 13.7. The lowest BCUT2D eigenvalue weighted by atomic mass is 10.1. The first-order valence-corrected chi connectivity index (χ1v) is 13.7. The Kier molecular flexibility index (Phi) is 8.23. The normalized spacial score (nSPS) is 14.8. The van der Waals surface area contributed by atoms with E-state index in [0.29, 0.717) is 48.4 Å². The molecule has 220 valence electrons. The Morgan fingerprint density at radius 1 is 1.07 bits per heavy atom. The van der Waals surface area contributed by atoms with Crippen molar-refractivity contribution in [1.29, 1.82) is 0 Å². The Morgan fingerprint density at radius 3 is 2.52 bits per heavy atom. The average molecular weight is 579 g/mol. The molecular formula is C30H31FN4O7. The summed E-state index contributed by atoms with van der Waals surface area (Å²) in [7, 11) is 0. The molecule has 2 aromatic heterocycles. The van der Waals surface area contributed by atoms with E-state index < -0.39 is 17.8 Å². The number of aliphatic carboxylic acids is 1. The molecule has 0 bridgehead atoms. The highest BCUT2D eigenvalue weighted by atomic mass is 19.1. The molecule has 1 N–H and O–H groups in total. The molecule has 0 aliphatic carbocycles. The van der Waals surface area contributed by atoms with Crippen molar-refractivity contribution >= 4 is 23.1 Å². The summed E-state index contributed by atoms with van der Waals surface area (Å²) in [5.74, 6) is -0.620. The van der Waals surface area contributed by atoms with Gasteiger partial charge < -0.3 is 28.6 Å². The molecule has 42 heavy (non-hydrogen) atoms. The number of ether oxygens (including phenoxy) is 3. The van der Waals surface area contributed by atoms with Crippen molar-refractivity contribution in [2.24, 2.45) is 0 Å². The van der Waals surface area contributed by atoms with Gasteiger partial charge in [-0.1, -0.05) is 13.0 Å². The van der Waals surface area contributed by atoms with Gasteiger partial charge in [0.05, 0.1) is 6.61 Å². The molecule has 1 aliphatic heterocycles. The minimum absolute atomic E-state index is 0.0801. The van der Waals surface area contributed by atoms with E-state index in [-0.39, 0.29) is 41.8 Å². The predicted octanol–water partition coefficient (Wildman–Crippen LogP) is 5.38. The van der Waals surface area contributed by atoms with Crippen LogP contribution in [0.5, 0.6) is 23.4 Å². The molecule has 1 atom stereocenters. The van der Waals surface area contributed by atoms with Gasteiger partial charge in [0.2, 0.25) is 5.89 Å². The number of hydrogen-bond donors (Lipinski definition) is 1. The van der Waals surface area contributed by atoms with Crippen molar-refractivity contribution in [3.63, 3.8) is 0 Å². The quantitative estimate of drug-likeness (QED) is 0.261. The molecule has 1 saturated heterocycles. The Balaban J connectivity index is 1.40. The summed E-state index contributed by atoms with van der Waals surface area (Å²) in [5, 5.41) is 9.37. The second kappa shape index (κ2) is 12.0. The van der Waals surface area contributed by atoms with E-state index in [9.17, 15) is 19.1 Å². The number of carboxylic acid groups (broad SMARTS) is 1. The highest BCUT2D eigenvalue weighted by molar-refractivity contribution is 5.85. The van der Waals surface area contributed by atoms with Gasteiger partial charge in [-0.05, 0) is 74.9 Å². The second-order valence-electron chi connectivity index (χ2n) is 10.2. The standard InChI is InChI=1S/C30H31FN4O7/c1-5-11-39-27-24-28(34-30(33-27)41-20-9-8-16(2)21(31)14-20)42-26(32-24)19-12-17(3)25(18(4)13-19)40-15-23(36)35-10-6-7-22(35)29(37)38/h8-9,12-14,22H,5-7,10-11,15H2,1-4H3,(H,37,38). The van der Waals surface area contributed by atoms with Gasteiger partial charge in [0.25, 0.3) is 17.5 Å². The summed E-state index contributed by atoms with van der Waals surface area (Å²) in [5.41, 5.74) is 3.02. The van der Waals surface area contributed by atoms with E-state index in [1.807, 2.05) is 20.8 Å². The number of hydrogen-bond acceptors (Lipinski definition) is 9. The van der Waals surface area contributed by atoms with Crippen molar-refractivity contribution in [2.45, 2.75) is 53.0 Å². The molecule has 11 nitrogen and oxygen atoms in total. The zero-order valence-corrected chi connectivity index (χ0v) is 23.8. The van der Waals surface area contributed by atoms with Gasteiger partial charge >= 0.3 is 12.0 Å². The highest BCUT2D eigenvalue weighted by Crippen LogP contribution is 2.34. The number of aromatic nitrogens is 3. The van der Waals surface area contributed by atoms with E-state index in [0.717, 1.165) is 17.5 Å². The summed E-state index contributed by atoms with van der Waals surface area (Å²) < 4.78 is 37.4. The van der Waals surface area contributed by atoms with Gasteiger partial charge in [-0.15, -0.1) is 0 Å². The van der Waals surface area contributed by atoms with Crippen LogP contribution < -0.4 is 14.2 Å². The monoisotopic (exact) mass is 578 g/mol. The lowest BCUT2D eigenvalue weighted by Crippen LogP contribution is -2.42. The minimum Gasteiger partial charge on any atom is -0.483 e. The Labute approximate surface area is 241 Å². The maximum Gasteiger partial charge on any atom is 0.328 e. The van der Waals surface area contributed by atoms with E-state index >= 15 is 0 Å². The van der Waals surface area contributed by atoms with Gasteiger partial charge in [-0.2, -0.15) is 9.97 Å². The fourth-order valence-electron chi connectivity index (χ4n) is 4.83. The summed E-state index contributed by atoms with van der Waals surface area (Å²) >= 11 is 0. The molecule has 1 amide bonds. The maximum absolute atomic E-state index is 14.0. The molecule has 1 fully saturated rings. The topological polar surface area (TPSA) is 137 Å². The van der Waals surface area contributed by atoms with Gasteiger partial charge in [0.15, 0.2) is 12.1 Å². The minimum atomic E-state index is -1.01. The number of amides is 1. The van der Waals surface area contributed by atoms with Crippen molar-refractivity contribution in [1.82, 2.24) is 19.9 Å². The zero-order chi connectivity index (χ0) is 30.0. The lowest BCUT2D eigenvalue weighted by Gasteiger charge is -2.22. The van der Waals surface area contributed by atoms with Crippen LogP contribution >= 0.6 is 0 Å². The summed E-state index contributed by atoms with van der Waals surface area (Å²) in [4.78, 5) is 38.7. The third-order valence-corrected chi connectivity index (χ3v) is 6.91. The summed E-state index contributed by atoms with van der Waals surface area (Å²) in [6, 6.07) is 7.17. The smallest absolute Gasteiger partial charge is 0.328 e. The van der Waals surface area contributed by atoms with Crippen LogP contribution in [0.25, 0.3) is 22.7 Å². The predicted molar refractivity (Wildman–Crippen MR) is 149 cm³/mol. The zero-order valence-electron chi connectivity index (χ0n) is 23.8. The third kappa shape index (κ3) is 5.97. The van der Waals surface area contributed by atoms with Crippen LogP contribution in [0.4, 0.5) is 4.39 Å².